The summed E-state index contributed by atoms with van der Waals surface area (Å²) in [5.41, 5.74) is 2.80. The SMILES string of the molecule is CCC/C(=C\c1ccc(O)c(F)c1)CC[C@H]1OB(O)C[C@H]2C1=C(CO)C[C@H]1C(=O)N(c3cccc([N+](=O)[O-])c3)C(=O)[C@H]12. The normalized spacial score (nSPS) is 24.2. The first-order valence-electron chi connectivity index (χ1n) is 14.1. The van der Waals surface area contributed by atoms with E-state index in [0.717, 1.165) is 28.9 Å². The van der Waals surface area contributed by atoms with Gasteiger partial charge in [-0.25, -0.2) is 9.29 Å². The lowest BCUT2D eigenvalue weighted by Crippen LogP contribution is -2.46. The minimum Gasteiger partial charge on any atom is -0.505 e. The molecule has 4 atom stereocenters. The number of anilines is 1. The second-order valence-electron chi connectivity index (χ2n) is 11.1. The predicted molar refractivity (Wildman–Crippen MR) is 153 cm³/mol. The van der Waals surface area contributed by atoms with E-state index in [2.05, 4.69) is 0 Å². The molecule has 2 fully saturated rings. The summed E-state index contributed by atoms with van der Waals surface area (Å²) in [4.78, 5) is 39.0. The lowest BCUT2D eigenvalue weighted by molar-refractivity contribution is -0.384. The van der Waals surface area contributed by atoms with E-state index < -0.39 is 59.3 Å². The fourth-order valence-corrected chi connectivity index (χ4v) is 6.67. The number of phenolic OH excluding ortho intramolecular Hbond substituents is 1. The van der Waals surface area contributed by atoms with Crippen molar-refractivity contribution in [2.45, 2.75) is 51.5 Å². The molecule has 0 saturated carbocycles. The molecule has 1 aliphatic carbocycles. The van der Waals surface area contributed by atoms with Crippen LogP contribution in [-0.2, 0) is 14.2 Å². The lowest BCUT2D eigenvalue weighted by Gasteiger charge is -2.43. The van der Waals surface area contributed by atoms with Gasteiger partial charge in [0.25, 0.3) is 5.69 Å². The highest BCUT2D eigenvalue weighted by atomic mass is 19.1. The number of nitro groups is 1. The first-order valence-corrected chi connectivity index (χ1v) is 14.1. The molecule has 0 bridgehead atoms. The Morgan fingerprint density at radius 3 is 2.67 bits per heavy atom. The molecule has 0 unspecified atom stereocenters. The number of non-ortho nitro benzene ring substituents is 1. The van der Waals surface area contributed by atoms with Crippen LogP contribution in [0.4, 0.5) is 15.8 Å². The van der Waals surface area contributed by atoms with Crippen LogP contribution < -0.4 is 4.90 Å². The van der Waals surface area contributed by atoms with Gasteiger partial charge in [-0.2, -0.15) is 0 Å². The van der Waals surface area contributed by atoms with Gasteiger partial charge < -0.3 is 19.9 Å². The summed E-state index contributed by atoms with van der Waals surface area (Å²) >= 11 is 0. The van der Waals surface area contributed by atoms with E-state index in [9.17, 15) is 39.3 Å². The second-order valence-corrected chi connectivity index (χ2v) is 11.1. The molecule has 2 aromatic rings. The number of benzene rings is 2. The van der Waals surface area contributed by atoms with Crippen molar-refractivity contribution in [3.05, 3.63) is 80.7 Å². The Balaban J connectivity index is 1.43. The van der Waals surface area contributed by atoms with Crippen molar-refractivity contribution in [3.63, 3.8) is 0 Å². The Morgan fingerprint density at radius 2 is 1.98 bits per heavy atom. The molecule has 220 valence electrons. The average molecular weight is 578 g/mol. The zero-order valence-electron chi connectivity index (χ0n) is 23.1. The third-order valence-corrected chi connectivity index (χ3v) is 8.44. The molecule has 2 saturated heterocycles. The first-order chi connectivity index (χ1) is 20.1. The van der Waals surface area contributed by atoms with E-state index in [4.69, 9.17) is 4.65 Å². The quantitative estimate of drug-likeness (QED) is 0.130. The second kappa shape index (κ2) is 12.2. The van der Waals surface area contributed by atoms with Gasteiger partial charge >= 0.3 is 7.12 Å². The average Bonchev–Trinajstić information content (AvgIpc) is 3.22. The number of aliphatic hydroxyl groups is 1. The molecule has 10 nitrogen and oxygen atoms in total. The van der Waals surface area contributed by atoms with Gasteiger partial charge in [-0.05, 0) is 72.8 Å². The summed E-state index contributed by atoms with van der Waals surface area (Å²) in [7, 11) is -1.19. The zero-order chi connectivity index (χ0) is 30.1. The van der Waals surface area contributed by atoms with Crippen LogP contribution in [0, 0.1) is 33.7 Å². The third-order valence-electron chi connectivity index (χ3n) is 8.44. The number of nitro benzene ring substituents is 1. The number of allylic oxidation sites excluding steroid dienone is 1. The van der Waals surface area contributed by atoms with E-state index in [1.54, 1.807) is 6.07 Å². The van der Waals surface area contributed by atoms with Gasteiger partial charge in [-0.1, -0.05) is 37.1 Å². The number of imide groups is 1. The molecule has 0 radical (unpaired) electrons. The highest BCUT2D eigenvalue weighted by Gasteiger charge is 2.57. The monoisotopic (exact) mass is 578 g/mol. The Hall–Kier alpha value is -3.87. The number of amides is 2. The summed E-state index contributed by atoms with van der Waals surface area (Å²) in [6.07, 6.45) is 3.97. The van der Waals surface area contributed by atoms with Crippen LogP contribution >= 0.6 is 0 Å². The van der Waals surface area contributed by atoms with Gasteiger partial charge in [0.05, 0.1) is 35.2 Å². The number of hydrogen-bond donors (Lipinski definition) is 3. The predicted octanol–water partition coefficient (Wildman–Crippen LogP) is 4.40. The fraction of sp³-hybridized carbons (Fsp3) is 0.400. The summed E-state index contributed by atoms with van der Waals surface area (Å²) in [5.74, 6) is -4.23. The molecular weight excluding hydrogens is 546 g/mol. The number of hydrogen-bond acceptors (Lipinski definition) is 8. The molecule has 5 rings (SSSR count). The van der Waals surface area contributed by atoms with Gasteiger partial charge in [-0.15, -0.1) is 0 Å². The van der Waals surface area contributed by atoms with Crippen LogP contribution in [0.25, 0.3) is 6.08 Å². The van der Waals surface area contributed by atoms with Crippen molar-refractivity contribution in [1.82, 2.24) is 0 Å². The van der Waals surface area contributed by atoms with E-state index in [0.29, 0.717) is 24.0 Å². The van der Waals surface area contributed by atoms with E-state index in [1.807, 2.05) is 13.0 Å². The molecule has 3 N–H and O–H groups in total. The molecule has 12 heteroatoms. The van der Waals surface area contributed by atoms with Gasteiger partial charge in [-0.3, -0.25) is 19.7 Å². The highest BCUT2D eigenvalue weighted by Crippen LogP contribution is 2.51. The van der Waals surface area contributed by atoms with Crippen molar-refractivity contribution < 1.29 is 38.8 Å². The largest absolute Gasteiger partial charge is 0.505 e. The van der Waals surface area contributed by atoms with E-state index >= 15 is 0 Å². The van der Waals surface area contributed by atoms with E-state index in [1.165, 1.54) is 36.4 Å². The standard InChI is InChI=1S/C30H32BFN2O8/c1-2-4-17(11-18-7-9-25(36)24(32)12-18)8-10-26-27-19(16-35)13-22-28(23(27)15-31(39)42-26)30(38)33(29(22)37)20-5-3-6-21(14-20)34(40)41/h3,5-7,9,11-12,14,22-23,26,28,35-36,39H,2,4,8,10,13,15-16H2,1H3/b17-11+/t22-,23+,26-,28-/m1/s1. The number of aliphatic hydroxyl groups excluding tert-OH is 1. The Kier molecular flexibility index (Phi) is 8.58. The van der Waals surface area contributed by atoms with Crippen LogP contribution in [0.2, 0.25) is 6.32 Å². The third kappa shape index (κ3) is 5.61. The van der Waals surface area contributed by atoms with Crippen molar-refractivity contribution in [1.29, 1.82) is 0 Å². The maximum absolute atomic E-state index is 13.9. The van der Waals surface area contributed by atoms with Crippen molar-refractivity contribution >= 4 is 36.4 Å². The minimum atomic E-state index is -1.19. The molecule has 2 amide bonds. The Morgan fingerprint density at radius 1 is 1.19 bits per heavy atom. The number of aromatic hydroxyl groups is 1. The first kappa shape index (κ1) is 29.6. The summed E-state index contributed by atoms with van der Waals surface area (Å²) in [6.45, 7) is 1.68. The van der Waals surface area contributed by atoms with Crippen LogP contribution in [-0.4, -0.2) is 51.8 Å². The number of phenols is 1. The van der Waals surface area contributed by atoms with E-state index in [-0.39, 0.29) is 30.7 Å². The molecule has 0 spiro atoms. The molecule has 42 heavy (non-hydrogen) atoms. The van der Waals surface area contributed by atoms with Crippen LogP contribution in [0.3, 0.4) is 0 Å². The summed E-state index contributed by atoms with van der Waals surface area (Å²) < 4.78 is 19.9. The van der Waals surface area contributed by atoms with Gasteiger partial charge in [0.15, 0.2) is 11.6 Å². The Labute approximate surface area is 242 Å². The topological polar surface area (TPSA) is 150 Å². The van der Waals surface area contributed by atoms with Crippen molar-refractivity contribution in [3.8, 4) is 5.75 Å². The number of carbonyl (C=O) groups excluding carboxylic acids is 2. The number of rotatable bonds is 9. The maximum atomic E-state index is 13.9. The van der Waals surface area contributed by atoms with Crippen LogP contribution in [0.15, 0.2) is 59.2 Å². The van der Waals surface area contributed by atoms with Crippen LogP contribution in [0.1, 0.15) is 44.6 Å². The summed E-state index contributed by atoms with van der Waals surface area (Å²) in [5, 5.41) is 41.9. The van der Waals surface area contributed by atoms with Crippen molar-refractivity contribution in [2.24, 2.45) is 17.8 Å². The molecular formula is C30H32BFN2O8. The minimum absolute atomic E-state index is 0.0722. The van der Waals surface area contributed by atoms with Gasteiger partial charge in [0, 0.05) is 12.1 Å². The molecule has 3 aliphatic rings. The van der Waals surface area contributed by atoms with Crippen LogP contribution in [0.5, 0.6) is 5.75 Å². The number of carbonyl (C=O) groups is 2. The molecule has 0 aromatic heterocycles. The van der Waals surface area contributed by atoms with Crippen molar-refractivity contribution in [2.75, 3.05) is 11.5 Å². The number of halogens is 1. The van der Waals surface area contributed by atoms with Gasteiger partial charge in [0.2, 0.25) is 11.8 Å². The van der Waals surface area contributed by atoms with Gasteiger partial charge in [0.1, 0.15) is 0 Å². The zero-order valence-corrected chi connectivity index (χ0v) is 23.1. The lowest BCUT2D eigenvalue weighted by atomic mass is 9.58. The Bertz CT molecular complexity index is 1480. The smallest absolute Gasteiger partial charge is 0.455 e. The molecule has 2 aromatic carbocycles. The number of nitrogens with zero attached hydrogens (tertiary/aromatic N) is 2. The maximum Gasteiger partial charge on any atom is 0.455 e. The number of fused-ring (bicyclic) bond motifs is 3. The highest BCUT2D eigenvalue weighted by molar-refractivity contribution is 6.43. The molecule has 2 heterocycles. The molecule has 2 aliphatic heterocycles. The summed E-state index contributed by atoms with van der Waals surface area (Å²) in [6, 6.07) is 9.54. The fourth-order valence-electron chi connectivity index (χ4n) is 6.67.